The molecule has 2 amide bonds. The van der Waals surface area contributed by atoms with Crippen molar-refractivity contribution in [3.8, 4) is 5.75 Å². The van der Waals surface area contributed by atoms with E-state index in [1.807, 2.05) is 32.0 Å². The minimum atomic E-state index is -0.606. The van der Waals surface area contributed by atoms with Crippen LogP contribution in [0.3, 0.4) is 0 Å². The molecule has 0 saturated carbocycles. The van der Waals surface area contributed by atoms with E-state index in [9.17, 15) is 14.4 Å². The molecule has 0 atom stereocenters. The third-order valence-corrected chi connectivity index (χ3v) is 6.63. The highest BCUT2D eigenvalue weighted by Gasteiger charge is 2.27. The topological polar surface area (TPSA) is 93.7 Å². The lowest BCUT2D eigenvalue weighted by Gasteiger charge is -2.09. The number of halogens is 1. The fourth-order valence-corrected chi connectivity index (χ4v) is 4.61. The third kappa shape index (κ3) is 6.24. The molecule has 0 bridgehead atoms. The minimum Gasteiger partial charge on any atom is -0.484 e. The van der Waals surface area contributed by atoms with Crippen LogP contribution in [0.1, 0.15) is 43.6 Å². The number of carbonyl (C=O) groups is 3. The van der Waals surface area contributed by atoms with E-state index in [0.717, 1.165) is 26.9 Å². The zero-order valence-corrected chi connectivity index (χ0v) is 21.7. The number of benzene rings is 2. The van der Waals surface area contributed by atoms with Gasteiger partial charge in [-0.15, -0.1) is 11.3 Å². The number of nitrogens with one attached hydrogen (secondary N) is 2. The van der Waals surface area contributed by atoms with E-state index in [0.29, 0.717) is 21.9 Å². The number of rotatable bonds is 8. The van der Waals surface area contributed by atoms with Crippen LogP contribution in [-0.2, 0) is 9.53 Å². The van der Waals surface area contributed by atoms with Crippen LogP contribution >= 0.6 is 27.3 Å². The zero-order valence-electron chi connectivity index (χ0n) is 19.3. The number of thiophene rings is 1. The van der Waals surface area contributed by atoms with Crippen LogP contribution in [-0.4, -0.2) is 31.0 Å². The molecule has 7 nitrogen and oxygen atoms in total. The fraction of sp³-hybridized carbons (Fsp3) is 0.240. The summed E-state index contributed by atoms with van der Waals surface area (Å²) in [7, 11) is 0. The maximum atomic E-state index is 13.0. The predicted octanol–water partition coefficient (Wildman–Crippen LogP) is 5.88. The van der Waals surface area contributed by atoms with Crippen LogP contribution in [0.2, 0.25) is 0 Å². The molecule has 0 aliphatic heterocycles. The summed E-state index contributed by atoms with van der Waals surface area (Å²) in [5, 5.41) is 5.83. The van der Waals surface area contributed by atoms with Crippen molar-refractivity contribution in [2.75, 3.05) is 23.8 Å². The molecule has 0 saturated heterocycles. The molecule has 9 heteroatoms. The normalized spacial score (nSPS) is 10.5. The Morgan fingerprint density at radius 1 is 1.00 bits per heavy atom. The van der Waals surface area contributed by atoms with Gasteiger partial charge in [0.25, 0.3) is 11.8 Å². The van der Waals surface area contributed by atoms with Crippen molar-refractivity contribution in [2.24, 2.45) is 0 Å². The smallest absolute Gasteiger partial charge is 0.341 e. The molecule has 2 N–H and O–H groups in total. The first-order valence-electron chi connectivity index (χ1n) is 10.6. The van der Waals surface area contributed by atoms with Gasteiger partial charge in [-0.2, -0.15) is 0 Å². The number of amides is 2. The summed E-state index contributed by atoms with van der Waals surface area (Å²) in [5.74, 6) is -0.909. The molecule has 2 aromatic carbocycles. The molecule has 3 rings (SSSR count). The van der Waals surface area contributed by atoms with Gasteiger partial charge in [0.1, 0.15) is 10.8 Å². The van der Waals surface area contributed by atoms with Crippen molar-refractivity contribution < 1.29 is 23.9 Å². The van der Waals surface area contributed by atoms with E-state index >= 15 is 0 Å². The number of aryl methyl sites for hydroxylation is 2. The van der Waals surface area contributed by atoms with Crippen molar-refractivity contribution in [2.45, 2.75) is 27.7 Å². The molecular formula is C25H25BrN2O5S. The van der Waals surface area contributed by atoms with Crippen LogP contribution in [0, 0.1) is 20.8 Å². The standard InChI is InChI=1S/C25H25BrN2O5S/c1-5-32-25(31)21-16(4)22(23(30)27-19-11-6-14(2)12-15(19)3)34-24(21)28-20(29)13-33-18-9-7-17(26)8-10-18/h6-12H,5,13H2,1-4H3,(H,27,30)(H,28,29). The molecule has 178 valence electrons. The Balaban J connectivity index is 1.81. The summed E-state index contributed by atoms with van der Waals surface area (Å²) in [6.07, 6.45) is 0. The van der Waals surface area contributed by atoms with Gasteiger partial charge in [0, 0.05) is 10.2 Å². The van der Waals surface area contributed by atoms with Gasteiger partial charge >= 0.3 is 5.97 Å². The number of hydrogen-bond acceptors (Lipinski definition) is 6. The van der Waals surface area contributed by atoms with Crippen LogP contribution in [0.25, 0.3) is 0 Å². The molecule has 0 unspecified atom stereocenters. The summed E-state index contributed by atoms with van der Waals surface area (Å²) in [6.45, 7) is 7.14. The number of esters is 1. The zero-order chi connectivity index (χ0) is 24.8. The quantitative estimate of drug-likeness (QED) is 0.345. The first kappa shape index (κ1) is 25.5. The van der Waals surface area contributed by atoms with Gasteiger partial charge < -0.3 is 20.1 Å². The maximum Gasteiger partial charge on any atom is 0.341 e. The second-order valence-electron chi connectivity index (χ2n) is 7.54. The Morgan fingerprint density at radius 2 is 1.71 bits per heavy atom. The molecule has 34 heavy (non-hydrogen) atoms. The Labute approximate surface area is 210 Å². The van der Waals surface area contributed by atoms with Crippen molar-refractivity contribution >= 4 is 55.7 Å². The molecule has 0 aliphatic carbocycles. The van der Waals surface area contributed by atoms with Crippen molar-refractivity contribution in [1.82, 2.24) is 0 Å². The van der Waals surface area contributed by atoms with Crippen LogP contribution in [0.5, 0.6) is 5.75 Å². The molecule has 1 heterocycles. The lowest BCUT2D eigenvalue weighted by atomic mass is 10.1. The molecule has 3 aromatic rings. The van der Waals surface area contributed by atoms with Gasteiger partial charge in [0.05, 0.1) is 17.0 Å². The number of ether oxygens (including phenoxy) is 2. The van der Waals surface area contributed by atoms with E-state index in [1.54, 1.807) is 38.1 Å². The Morgan fingerprint density at radius 3 is 2.35 bits per heavy atom. The van der Waals surface area contributed by atoms with Gasteiger partial charge in [-0.05, 0) is 69.2 Å². The molecule has 1 aromatic heterocycles. The summed E-state index contributed by atoms with van der Waals surface area (Å²) in [4.78, 5) is 38.5. The van der Waals surface area contributed by atoms with Crippen molar-refractivity contribution in [3.63, 3.8) is 0 Å². The van der Waals surface area contributed by atoms with Gasteiger partial charge in [-0.1, -0.05) is 33.6 Å². The summed E-state index contributed by atoms with van der Waals surface area (Å²) < 4.78 is 11.6. The maximum absolute atomic E-state index is 13.0. The first-order valence-corrected chi connectivity index (χ1v) is 12.2. The lowest BCUT2D eigenvalue weighted by molar-refractivity contribution is -0.118. The van der Waals surface area contributed by atoms with E-state index < -0.39 is 11.9 Å². The van der Waals surface area contributed by atoms with E-state index in [1.165, 1.54) is 0 Å². The van der Waals surface area contributed by atoms with Gasteiger partial charge in [0.15, 0.2) is 6.61 Å². The fourth-order valence-electron chi connectivity index (χ4n) is 3.24. The minimum absolute atomic E-state index is 0.162. The first-order chi connectivity index (χ1) is 16.2. The predicted molar refractivity (Wildman–Crippen MR) is 137 cm³/mol. The molecule has 0 fully saturated rings. The van der Waals surface area contributed by atoms with Crippen LogP contribution in [0.4, 0.5) is 10.7 Å². The summed E-state index contributed by atoms with van der Waals surface area (Å²) in [5.41, 5.74) is 3.29. The summed E-state index contributed by atoms with van der Waals surface area (Å²) >= 11 is 4.36. The van der Waals surface area contributed by atoms with E-state index in [4.69, 9.17) is 9.47 Å². The van der Waals surface area contributed by atoms with E-state index in [-0.39, 0.29) is 29.7 Å². The molecular weight excluding hydrogens is 520 g/mol. The van der Waals surface area contributed by atoms with E-state index in [2.05, 4.69) is 26.6 Å². The molecule has 0 aliphatic rings. The molecule has 0 radical (unpaired) electrons. The highest BCUT2D eigenvalue weighted by atomic mass is 79.9. The Bertz CT molecular complexity index is 1220. The Hall–Kier alpha value is -3.17. The highest BCUT2D eigenvalue weighted by molar-refractivity contribution is 9.10. The number of carbonyl (C=O) groups excluding carboxylic acids is 3. The third-order valence-electron chi connectivity index (χ3n) is 4.90. The van der Waals surface area contributed by atoms with Gasteiger partial charge in [0.2, 0.25) is 0 Å². The summed E-state index contributed by atoms with van der Waals surface area (Å²) in [6, 6.07) is 12.8. The SMILES string of the molecule is CCOC(=O)c1c(NC(=O)COc2ccc(Br)cc2)sc(C(=O)Nc2ccc(C)cc2C)c1C. The Kier molecular flexibility index (Phi) is 8.46. The highest BCUT2D eigenvalue weighted by Crippen LogP contribution is 2.34. The van der Waals surface area contributed by atoms with Crippen LogP contribution < -0.4 is 15.4 Å². The van der Waals surface area contributed by atoms with Crippen LogP contribution in [0.15, 0.2) is 46.9 Å². The number of anilines is 2. The average molecular weight is 545 g/mol. The monoisotopic (exact) mass is 544 g/mol. The second-order valence-corrected chi connectivity index (χ2v) is 9.48. The van der Waals surface area contributed by atoms with Gasteiger partial charge in [-0.3, -0.25) is 9.59 Å². The number of hydrogen-bond donors (Lipinski definition) is 2. The van der Waals surface area contributed by atoms with Crippen molar-refractivity contribution in [1.29, 1.82) is 0 Å². The lowest BCUT2D eigenvalue weighted by Crippen LogP contribution is -2.21. The second kappa shape index (κ2) is 11.3. The largest absolute Gasteiger partial charge is 0.484 e. The average Bonchev–Trinajstić information content (AvgIpc) is 3.11. The molecule has 0 spiro atoms. The van der Waals surface area contributed by atoms with Crippen molar-refractivity contribution in [3.05, 3.63) is 74.1 Å². The van der Waals surface area contributed by atoms with Gasteiger partial charge in [-0.25, -0.2) is 4.79 Å².